The fourth-order valence-corrected chi connectivity index (χ4v) is 4.48. The first-order valence-corrected chi connectivity index (χ1v) is 8.42. The zero-order chi connectivity index (χ0) is 15.2. The molecule has 0 saturated carbocycles. The van der Waals surface area contributed by atoms with Gasteiger partial charge in [-0.3, -0.25) is 4.90 Å². The second-order valence-electron chi connectivity index (χ2n) is 6.52. The summed E-state index contributed by atoms with van der Waals surface area (Å²) in [6.45, 7) is 4.40. The summed E-state index contributed by atoms with van der Waals surface area (Å²) in [5.74, 6) is 0. The van der Waals surface area contributed by atoms with E-state index in [0.717, 1.165) is 30.6 Å². The van der Waals surface area contributed by atoms with E-state index in [9.17, 15) is 5.11 Å². The van der Waals surface area contributed by atoms with Crippen molar-refractivity contribution in [3.63, 3.8) is 0 Å². The Bertz CT molecular complexity index is 642. The Morgan fingerprint density at radius 2 is 1.45 bits per heavy atom. The highest BCUT2D eigenvalue weighted by molar-refractivity contribution is 5.80. The SMILES string of the molecule is CCC(N1CCCC1)C1(O)c2ccccc2-c2ccccc21. The molecule has 1 atom stereocenters. The van der Waals surface area contributed by atoms with Gasteiger partial charge in [0.05, 0.1) is 0 Å². The number of likely N-dealkylation sites (tertiary alicyclic amines) is 1. The van der Waals surface area contributed by atoms with Crippen molar-refractivity contribution in [2.24, 2.45) is 0 Å². The second kappa shape index (κ2) is 5.22. The lowest BCUT2D eigenvalue weighted by atomic mass is 9.82. The highest BCUT2D eigenvalue weighted by Crippen LogP contribution is 2.50. The van der Waals surface area contributed by atoms with Gasteiger partial charge in [0, 0.05) is 6.04 Å². The second-order valence-corrected chi connectivity index (χ2v) is 6.52. The molecule has 2 aromatic carbocycles. The van der Waals surface area contributed by atoms with E-state index >= 15 is 0 Å². The highest BCUT2D eigenvalue weighted by Gasteiger charge is 2.48. The molecule has 0 bridgehead atoms. The fourth-order valence-electron chi connectivity index (χ4n) is 4.48. The van der Waals surface area contributed by atoms with Crippen molar-refractivity contribution < 1.29 is 5.11 Å². The van der Waals surface area contributed by atoms with E-state index in [4.69, 9.17) is 0 Å². The topological polar surface area (TPSA) is 23.5 Å². The Kier molecular flexibility index (Phi) is 3.32. The molecule has 4 rings (SSSR count). The van der Waals surface area contributed by atoms with Crippen LogP contribution >= 0.6 is 0 Å². The first-order valence-electron chi connectivity index (χ1n) is 8.42. The van der Waals surface area contributed by atoms with Crippen molar-refractivity contribution in [1.29, 1.82) is 0 Å². The van der Waals surface area contributed by atoms with Crippen LogP contribution in [0.5, 0.6) is 0 Å². The molecule has 0 amide bonds. The van der Waals surface area contributed by atoms with E-state index in [0.29, 0.717) is 0 Å². The monoisotopic (exact) mass is 293 g/mol. The molecule has 1 fully saturated rings. The molecule has 2 aliphatic rings. The standard InChI is InChI=1S/C20H23NO/c1-2-19(21-13-7-8-14-21)20(22)17-11-5-3-9-15(17)16-10-4-6-12-18(16)20/h3-6,9-12,19,22H,2,7-8,13-14H2,1H3. The van der Waals surface area contributed by atoms with Crippen molar-refractivity contribution in [2.75, 3.05) is 13.1 Å². The summed E-state index contributed by atoms with van der Waals surface area (Å²) in [5, 5.41) is 11.9. The van der Waals surface area contributed by atoms with Gasteiger partial charge in [0.25, 0.3) is 0 Å². The molecule has 1 heterocycles. The maximum atomic E-state index is 11.9. The molecular weight excluding hydrogens is 270 g/mol. The van der Waals surface area contributed by atoms with Crippen molar-refractivity contribution in [2.45, 2.75) is 37.8 Å². The maximum Gasteiger partial charge on any atom is 0.131 e. The maximum absolute atomic E-state index is 11.9. The Balaban J connectivity index is 1.92. The molecule has 0 radical (unpaired) electrons. The largest absolute Gasteiger partial charge is 0.379 e. The molecule has 2 aromatic rings. The molecule has 1 aliphatic carbocycles. The van der Waals surface area contributed by atoms with E-state index in [1.54, 1.807) is 0 Å². The van der Waals surface area contributed by atoms with Gasteiger partial charge in [-0.1, -0.05) is 55.5 Å². The van der Waals surface area contributed by atoms with Gasteiger partial charge in [-0.2, -0.15) is 0 Å². The van der Waals surface area contributed by atoms with Gasteiger partial charge in [-0.15, -0.1) is 0 Å². The lowest BCUT2D eigenvalue weighted by Crippen LogP contribution is -2.49. The Morgan fingerprint density at radius 3 is 1.95 bits per heavy atom. The summed E-state index contributed by atoms with van der Waals surface area (Å²) >= 11 is 0. The number of hydrogen-bond acceptors (Lipinski definition) is 2. The van der Waals surface area contributed by atoms with Crippen LogP contribution in [0.1, 0.15) is 37.3 Å². The normalized spacial score (nSPS) is 20.6. The minimum Gasteiger partial charge on any atom is -0.379 e. The highest BCUT2D eigenvalue weighted by atomic mass is 16.3. The summed E-state index contributed by atoms with van der Waals surface area (Å²) in [4.78, 5) is 2.48. The first kappa shape index (κ1) is 14.0. The predicted octanol–water partition coefficient (Wildman–Crippen LogP) is 3.78. The molecule has 1 aliphatic heterocycles. The van der Waals surface area contributed by atoms with Crippen LogP contribution in [0.2, 0.25) is 0 Å². The van der Waals surface area contributed by atoms with Crippen molar-refractivity contribution in [3.05, 3.63) is 59.7 Å². The van der Waals surface area contributed by atoms with Crippen molar-refractivity contribution in [3.8, 4) is 11.1 Å². The molecule has 1 saturated heterocycles. The van der Waals surface area contributed by atoms with Crippen LogP contribution in [0.3, 0.4) is 0 Å². The van der Waals surface area contributed by atoms with Gasteiger partial charge in [0.2, 0.25) is 0 Å². The molecule has 1 N–H and O–H groups in total. The summed E-state index contributed by atoms with van der Waals surface area (Å²) in [5.41, 5.74) is 3.66. The van der Waals surface area contributed by atoms with Crippen LogP contribution < -0.4 is 0 Å². The fraction of sp³-hybridized carbons (Fsp3) is 0.400. The average molecular weight is 293 g/mol. The summed E-state index contributed by atoms with van der Waals surface area (Å²) < 4.78 is 0. The number of hydrogen-bond donors (Lipinski definition) is 1. The molecule has 22 heavy (non-hydrogen) atoms. The Hall–Kier alpha value is -1.64. The van der Waals surface area contributed by atoms with Gasteiger partial charge >= 0.3 is 0 Å². The third-order valence-corrected chi connectivity index (χ3v) is 5.42. The van der Waals surface area contributed by atoms with Crippen LogP contribution in [-0.4, -0.2) is 29.1 Å². The summed E-state index contributed by atoms with van der Waals surface area (Å²) in [6, 6.07) is 16.9. The van der Waals surface area contributed by atoms with Gasteiger partial charge < -0.3 is 5.11 Å². The molecular formula is C20H23NO. The lowest BCUT2D eigenvalue weighted by molar-refractivity contribution is -0.0112. The van der Waals surface area contributed by atoms with Crippen LogP contribution in [0.4, 0.5) is 0 Å². The van der Waals surface area contributed by atoms with Crippen LogP contribution in [-0.2, 0) is 5.60 Å². The van der Waals surface area contributed by atoms with Gasteiger partial charge in [0.15, 0.2) is 0 Å². The van der Waals surface area contributed by atoms with Crippen molar-refractivity contribution >= 4 is 0 Å². The lowest BCUT2D eigenvalue weighted by Gasteiger charge is -2.40. The third-order valence-electron chi connectivity index (χ3n) is 5.42. The Morgan fingerprint density at radius 1 is 0.955 bits per heavy atom. The van der Waals surface area contributed by atoms with Crippen LogP contribution in [0.15, 0.2) is 48.5 Å². The quantitative estimate of drug-likeness (QED) is 0.931. The molecule has 2 heteroatoms. The molecule has 0 spiro atoms. The smallest absolute Gasteiger partial charge is 0.131 e. The number of rotatable bonds is 3. The molecule has 0 aromatic heterocycles. The zero-order valence-corrected chi connectivity index (χ0v) is 13.1. The minimum absolute atomic E-state index is 0.153. The van der Waals surface area contributed by atoms with Gasteiger partial charge in [0.1, 0.15) is 5.60 Å². The molecule has 2 nitrogen and oxygen atoms in total. The Labute approximate surface area is 132 Å². The van der Waals surface area contributed by atoms with Crippen LogP contribution in [0, 0.1) is 0 Å². The number of fused-ring (bicyclic) bond motifs is 3. The number of benzene rings is 2. The van der Waals surface area contributed by atoms with Gasteiger partial charge in [-0.25, -0.2) is 0 Å². The van der Waals surface area contributed by atoms with E-state index in [2.05, 4.69) is 48.2 Å². The zero-order valence-electron chi connectivity index (χ0n) is 13.1. The van der Waals surface area contributed by atoms with E-state index in [1.165, 1.54) is 24.0 Å². The third kappa shape index (κ3) is 1.81. The van der Waals surface area contributed by atoms with E-state index in [1.807, 2.05) is 12.1 Å². The predicted molar refractivity (Wildman–Crippen MR) is 89.8 cm³/mol. The molecule has 1 unspecified atom stereocenters. The number of nitrogens with zero attached hydrogens (tertiary/aromatic N) is 1. The first-order chi connectivity index (χ1) is 10.8. The van der Waals surface area contributed by atoms with E-state index < -0.39 is 5.60 Å². The number of aliphatic hydroxyl groups is 1. The van der Waals surface area contributed by atoms with Crippen molar-refractivity contribution in [1.82, 2.24) is 4.90 Å². The van der Waals surface area contributed by atoms with E-state index in [-0.39, 0.29) is 6.04 Å². The van der Waals surface area contributed by atoms with Gasteiger partial charge in [-0.05, 0) is 54.6 Å². The average Bonchev–Trinajstić information content (AvgIpc) is 3.17. The van der Waals surface area contributed by atoms with Crippen LogP contribution in [0.25, 0.3) is 11.1 Å². The minimum atomic E-state index is -0.883. The summed E-state index contributed by atoms with van der Waals surface area (Å²) in [6.07, 6.45) is 3.45. The molecule has 114 valence electrons. The summed E-state index contributed by atoms with van der Waals surface area (Å²) in [7, 11) is 0.